The molecular formula is C20H30O3. The lowest BCUT2D eigenvalue weighted by Gasteiger charge is -2.37. The largest absolute Gasteiger partial charge is 0.374 e. The van der Waals surface area contributed by atoms with Crippen molar-refractivity contribution >= 4 is 0 Å². The van der Waals surface area contributed by atoms with Gasteiger partial charge in [0.1, 0.15) is 0 Å². The van der Waals surface area contributed by atoms with Crippen molar-refractivity contribution in [1.29, 1.82) is 0 Å². The number of rotatable bonds is 6. The van der Waals surface area contributed by atoms with Crippen LogP contribution in [0.1, 0.15) is 51.0 Å². The van der Waals surface area contributed by atoms with Crippen LogP contribution in [0.5, 0.6) is 0 Å². The topological polar surface area (TPSA) is 27.7 Å². The van der Waals surface area contributed by atoms with Gasteiger partial charge in [-0.1, -0.05) is 43.7 Å². The Morgan fingerprint density at radius 1 is 1.00 bits per heavy atom. The first-order valence-corrected chi connectivity index (χ1v) is 9.24. The van der Waals surface area contributed by atoms with Crippen molar-refractivity contribution < 1.29 is 14.2 Å². The smallest absolute Gasteiger partial charge is 0.160 e. The van der Waals surface area contributed by atoms with Gasteiger partial charge in [-0.15, -0.1) is 0 Å². The van der Waals surface area contributed by atoms with Crippen molar-refractivity contribution in [2.24, 2.45) is 11.8 Å². The molecule has 1 heterocycles. The second-order valence-corrected chi connectivity index (χ2v) is 7.02. The van der Waals surface area contributed by atoms with Crippen LogP contribution in [0.4, 0.5) is 0 Å². The summed E-state index contributed by atoms with van der Waals surface area (Å²) >= 11 is 0. The van der Waals surface area contributed by atoms with E-state index in [1.54, 1.807) is 0 Å². The minimum atomic E-state index is 0.0261. The van der Waals surface area contributed by atoms with E-state index in [1.165, 1.54) is 18.4 Å². The zero-order chi connectivity index (χ0) is 15.9. The average Bonchev–Trinajstić information content (AvgIpc) is 2.62. The van der Waals surface area contributed by atoms with Gasteiger partial charge < -0.3 is 14.2 Å². The number of hydrogen-bond donors (Lipinski definition) is 0. The van der Waals surface area contributed by atoms with E-state index < -0.39 is 0 Å². The first-order chi connectivity index (χ1) is 11.3. The van der Waals surface area contributed by atoms with Crippen molar-refractivity contribution in [2.75, 3.05) is 13.2 Å². The third-order valence-electron chi connectivity index (χ3n) is 5.12. The van der Waals surface area contributed by atoms with Crippen LogP contribution in [0, 0.1) is 11.8 Å². The molecule has 0 aromatic heterocycles. The van der Waals surface area contributed by atoms with Gasteiger partial charge in [-0.3, -0.25) is 0 Å². The Balaban J connectivity index is 1.36. The van der Waals surface area contributed by atoms with Gasteiger partial charge in [-0.2, -0.15) is 0 Å². The lowest BCUT2D eigenvalue weighted by molar-refractivity contribution is -0.231. The van der Waals surface area contributed by atoms with Gasteiger partial charge in [0.25, 0.3) is 0 Å². The molecular weight excluding hydrogens is 288 g/mol. The Morgan fingerprint density at radius 3 is 2.35 bits per heavy atom. The lowest BCUT2D eigenvalue weighted by atomic mass is 9.86. The van der Waals surface area contributed by atoms with Gasteiger partial charge in [-0.25, -0.2) is 0 Å². The van der Waals surface area contributed by atoms with Crippen LogP contribution in [0.3, 0.4) is 0 Å². The van der Waals surface area contributed by atoms with Crippen LogP contribution in [-0.2, 0) is 20.8 Å². The van der Waals surface area contributed by atoms with Crippen LogP contribution >= 0.6 is 0 Å². The molecule has 1 aliphatic heterocycles. The molecule has 0 amide bonds. The Morgan fingerprint density at radius 2 is 1.70 bits per heavy atom. The van der Waals surface area contributed by atoms with Crippen molar-refractivity contribution in [1.82, 2.24) is 0 Å². The standard InChI is InChI=1S/C20H30O3/c1-2-6-17-14-22-20(23-15-17)18-9-11-19(12-10-18)21-13-16-7-4-3-5-8-16/h3-5,7-8,17-20H,2,6,9-15H2,1H3. The van der Waals surface area contributed by atoms with Crippen LogP contribution in [-0.4, -0.2) is 25.6 Å². The first-order valence-electron chi connectivity index (χ1n) is 9.24. The summed E-state index contributed by atoms with van der Waals surface area (Å²) in [6.45, 7) is 4.71. The third kappa shape index (κ3) is 5.03. The van der Waals surface area contributed by atoms with E-state index in [2.05, 4.69) is 31.2 Å². The highest BCUT2D eigenvalue weighted by Crippen LogP contribution is 2.33. The predicted molar refractivity (Wildman–Crippen MR) is 91.1 cm³/mol. The molecule has 3 rings (SSSR count). The predicted octanol–water partition coefficient (Wildman–Crippen LogP) is 4.55. The average molecular weight is 318 g/mol. The van der Waals surface area contributed by atoms with Crippen molar-refractivity contribution in [3.8, 4) is 0 Å². The van der Waals surface area contributed by atoms with Gasteiger partial charge in [0.05, 0.1) is 25.9 Å². The Bertz CT molecular complexity index is 431. The van der Waals surface area contributed by atoms with Gasteiger partial charge in [-0.05, 0) is 37.7 Å². The molecule has 128 valence electrons. The maximum Gasteiger partial charge on any atom is 0.160 e. The van der Waals surface area contributed by atoms with Crippen LogP contribution in [0.25, 0.3) is 0 Å². The van der Waals surface area contributed by atoms with Gasteiger partial charge in [0.2, 0.25) is 0 Å². The SMILES string of the molecule is CCCC1COC(C2CCC(OCc3ccccc3)CC2)OC1. The first kappa shape index (κ1) is 16.9. The molecule has 0 radical (unpaired) electrons. The lowest BCUT2D eigenvalue weighted by Crippen LogP contribution is -2.39. The number of hydrogen-bond acceptors (Lipinski definition) is 3. The van der Waals surface area contributed by atoms with E-state index in [0.717, 1.165) is 45.5 Å². The molecule has 1 saturated carbocycles. The molecule has 1 aromatic rings. The number of benzene rings is 1. The minimum Gasteiger partial charge on any atom is -0.374 e. The molecule has 0 N–H and O–H groups in total. The van der Waals surface area contributed by atoms with Crippen LogP contribution < -0.4 is 0 Å². The van der Waals surface area contributed by atoms with Crippen LogP contribution in [0.15, 0.2) is 30.3 Å². The van der Waals surface area contributed by atoms with Gasteiger partial charge >= 0.3 is 0 Å². The molecule has 3 nitrogen and oxygen atoms in total. The summed E-state index contributed by atoms with van der Waals surface area (Å²) in [6, 6.07) is 10.4. The highest BCUT2D eigenvalue weighted by atomic mass is 16.7. The van der Waals surface area contributed by atoms with Crippen molar-refractivity contribution in [2.45, 2.75) is 64.4 Å². The Kier molecular flexibility index (Phi) is 6.49. The minimum absolute atomic E-state index is 0.0261. The quantitative estimate of drug-likeness (QED) is 0.770. The summed E-state index contributed by atoms with van der Waals surface area (Å²) in [5.41, 5.74) is 1.26. The summed E-state index contributed by atoms with van der Waals surface area (Å²) in [4.78, 5) is 0. The van der Waals surface area contributed by atoms with Gasteiger partial charge in [0, 0.05) is 11.8 Å². The molecule has 2 aliphatic rings. The monoisotopic (exact) mass is 318 g/mol. The van der Waals surface area contributed by atoms with E-state index in [0.29, 0.717) is 17.9 Å². The maximum atomic E-state index is 6.07. The zero-order valence-corrected chi connectivity index (χ0v) is 14.3. The highest BCUT2D eigenvalue weighted by molar-refractivity contribution is 5.13. The van der Waals surface area contributed by atoms with E-state index >= 15 is 0 Å². The van der Waals surface area contributed by atoms with E-state index in [9.17, 15) is 0 Å². The van der Waals surface area contributed by atoms with E-state index in [4.69, 9.17) is 14.2 Å². The molecule has 1 saturated heterocycles. The van der Waals surface area contributed by atoms with E-state index in [-0.39, 0.29) is 6.29 Å². The Labute approximate surface area is 140 Å². The maximum absolute atomic E-state index is 6.07. The van der Waals surface area contributed by atoms with Crippen molar-refractivity contribution in [3.05, 3.63) is 35.9 Å². The summed E-state index contributed by atoms with van der Waals surface area (Å²) in [7, 11) is 0. The molecule has 0 atom stereocenters. The molecule has 0 bridgehead atoms. The van der Waals surface area contributed by atoms with Gasteiger partial charge in [0.15, 0.2) is 6.29 Å². The second kappa shape index (κ2) is 8.81. The Hall–Kier alpha value is -0.900. The highest BCUT2D eigenvalue weighted by Gasteiger charge is 2.32. The van der Waals surface area contributed by atoms with Crippen molar-refractivity contribution in [3.63, 3.8) is 0 Å². The molecule has 2 fully saturated rings. The van der Waals surface area contributed by atoms with E-state index in [1.807, 2.05) is 6.07 Å². The summed E-state index contributed by atoms with van der Waals surface area (Å²) in [6.07, 6.45) is 7.41. The van der Waals surface area contributed by atoms with Crippen LogP contribution in [0.2, 0.25) is 0 Å². The fourth-order valence-electron chi connectivity index (χ4n) is 3.72. The third-order valence-corrected chi connectivity index (χ3v) is 5.12. The fourth-order valence-corrected chi connectivity index (χ4v) is 3.72. The molecule has 0 unspecified atom stereocenters. The number of ether oxygens (including phenoxy) is 3. The normalized spacial score (nSPS) is 31.9. The molecule has 1 aromatic carbocycles. The fraction of sp³-hybridized carbons (Fsp3) is 0.700. The molecule has 0 spiro atoms. The molecule has 1 aliphatic carbocycles. The zero-order valence-electron chi connectivity index (χ0n) is 14.3. The second-order valence-electron chi connectivity index (χ2n) is 7.02. The molecule has 3 heteroatoms. The summed E-state index contributed by atoms with van der Waals surface area (Å²) in [5.74, 6) is 1.15. The summed E-state index contributed by atoms with van der Waals surface area (Å²) < 4.78 is 18.0. The molecule has 23 heavy (non-hydrogen) atoms. The summed E-state index contributed by atoms with van der Waals surface area (Å²) in [5, 5.41) is 0.